The van der Waals surface area contributed by atoms with Gasteiger partial charge in [0.15, 0.2) is 0 Å². The van der Waals surface area contributed by atoms with Crippen LogP contribution in [-0.4, -0.2) is 81.8 Å². The minimum Gasteiger partial charge on any atom is -0.458 e. The van der Waals surface area contributed by atoms with Crippen LogP contribution in [0.15, 0.2) is 30.5 Å². The molecule has 2 aromatic rings. The maximum atomic E-state index is 13.8. The van der Waals surface area contributed by atoms with E-state index in [1.807, 2.05) is 30.5 Å². The first kappa shape index (κ1) is 29.2. The number of ketones is 1. The van der Waals surface area contributed by atoms with Crippen molar-refractivity contribution in [3.8, 4) is 0 Å². The van der Waals surface area contributed by atoms with Gasteiger partial charge in [-0.05, 0) is 77.7 Å². The van der Waals surface area contributed by atoms with Crippen LogP contribution in [0.4, 0.5) is 0 Å². The Bertz CT molecular complexity index is 1300. The number of amides is 2. The number of nitrogens with one attached hydrogen (secondary N) is 4. The Balaban J connectivity index is 1.57. The second kappa shape index (κ2) is 12.1. The molecule has 4 heterocycles. The maximum absolute atomic E-state index is 13.8. The molecule has 11 heteroatoms. The quantitative estimate of drug-likeness (QED) is 0.145. The highest BCUT2D eigenvalue weighted by Gasteiger charge is 2.46. The van der Waals surface area contributed by atoms with Crippen molar-refractivity contribution in [1.29, 1.82) is 5.53 Å². The van der Waals surface area contributed by atoms with Gasteiger partial charge in [0.05, 0.1) is 15.7 Å². The summed E-state index contributed by atoms with van der Waals surface area (Å²) < 4.78 is 5.52. The number of nitrogens with zero attached hydrogens (tertiary/aromatic N) is 2. The van der Waals surface area contributed by atoms with Crippen LogP contribution in [-0.2, 0) is 30.3 Å². The topological polar surface area (TPSA) is 159 Å². The number of fused-ring (bicyclic) bond motifs is 4. The summed E-state index contributed by atoms with van der Waals surface area (Å²) in [7, 11) is 0. The number of benzene rings is 1. The van der Waals surface area contributed by atoms with Gasteiger partial charge in [-0.25, -0.2) is 4.79 Å². The third-order valence-corrected chi connectivity index (χ3v) is 7.82. The number of piperidine rings is 3. The lowest BCUT2D eigenvalue weighted by molar-refractivity contribution is -0.159. The largest absolute Gasteiger partial charge is 0.458 e. The number of para-hydroxylation sites is 1. The Morgan fingerprint density at radius 2 is 1.77 bits per heavy atom. The van der Waals surface area contributed by atoms with Gasteiger partial charge < -0.3 is 25.3 Å². The van der Waals surface area contributed by atoms with E-state index in [9.17, 15) is 19.2 Å². The molecule has 0 saturated carbocycles. The number of aromatic nitrogens is 1. The number of esters is 1. The van der Waals surface area contributed by atoms with E-state index in [0.29, 0.717) is 0 Å². The van der Waals surface area contributed by atoms with Gasteiger partial charge in [-0.1, -0.05) is 18.2 Å². The predicted octanol–water partition coefficient (Wildman–Crippen LogP) is 2.17. The molecular weight excluding hydrogens is 512 g/mol. The fraction of sp³-hybridized carbons (Fsp3) is 0.552. The first-order valence-corrected chi connectivity index (χ1v) is 13.8. The molecule has 3 aliphatic rings. The molecule has 2 atom stereocenters. The molecule has 0 radical (unpaired) electrons. The Morgan fingerprint density at radius 3 is 2.42 bits per heavy atom. The summed E-state index contributed by atoms with van der Waals surface area (Å²) in [6, 6.07) is 5.66. The summed E-state index contributed by atoms with van der Waals surface area (Å²) >= 11 is 0. The van der Waals surface area contributed by atoms with E-state index in [1.54, 1.807) is 20.8 Å². The minimum absolute atomic E-state index is 0.0287. The third kappa shape index (κ3) is 7.03. The van der Waals surface area contributed by atoms with Gasteiger partial charge in [0.2, 0.25) is 17.6 Å². The summed E-state index contributed by atoms with van der Waals surface area (Å²) in [6.07, 6.45) is 5.03. The molecule has 0 unspecified atom stereocenters. The first-order valence-electron chi connectivity index (χ1n) is 13.8. The minimum atomic E-state index is -1.12. The van der Waals surface area contributed by atoms with Gasteiger partial charge in [-0.3, -0.25) is 14.4 Å². The van der Waals surface area contributed by atoms with E-state index in [1.165, 1.54) is 0 Å². The van der Waals surface area contributed by atoms with E-state index in [2.05, 4.69) is 25.3 Å². The number of hydrogen-bond acceptors (Lipinski definition) is 7. The highest BCUT2D eigenvalue weighted by Crippen LogP contribution is 2.40. The molecule has 40 heavy (non-hydrogen) atoms. The molecule has 1 aromatic heterocycles. The molecule has 11 nitrogen and oxygen atoms in total. The standard InChI is InChI=1S/C29H38N6O5/c1-28(2,3)40-26(38)23(9-8-20(36)18-32-30)33-25(37)24(16-19-17-31-22-7-5-4-6-21(19)22)34-27(39)29-10-13-35(14-11-29)15-12-29/h4-7,17-18,23-24,30-31H,8-16H2,1-3H3,(H-,33,34,37,39)/p+1/t23-,24-/m0/s1. The van der Waals surface area contributed by atoms with E-state index in [-0.39, 0.29) is 25.2 Å². The number of carbonyl (C=O) groups excluding carboxylic acids is 4. The van der Waals surface area contributed by atoms with Gasteiger partial charge in [0, 0.05) is 29.9 Å². The molecule has 2 amide bonds. The lowest BCUT2D eigenvalue weighted by Crippen LogP contribution is -2.59. The van der Waals surface area contributed by atoms with E-state index < -0.39 is 40.8 Å². The summed E-state index contributed by atoms with van der Waals surface area (Å²) in [5.74, 6) is -1.78. The Labute approximate surface area is 233 Å². The van der Waals surface area contributed by atoms with Gasteiger partial charge in [0.25, 0.3) is 0 Å². The van der Waals surface area contributed by atoms with Crippen LogP contribution in [0.3, 0.4) is 0 Å². The normalized spacial score (nSPS) is 21.6. The lowest BCUT2D eigenvalue weighted by Gasteiger charge is -2.47. The molecule has 3 aliphatic heterocycles. The van der Waals surface area contributed by atoms with Crippen molar-refractivity contribution in [1.82, 2.24) is 20.5 Å². The van der Waals surface area contributed by atoms with Crippen LogP contribution in [0.25, 0.3) is 10.9 Å². The number of carbonyl (C=O) groups is 4. The molecule has 4 N–H and O–H groups in total. The number of Topliss-reactive ketones (excluding diaryl/α,β-unsaturated/α-hetero) is 1. The fourth-order valence-electron chi connectivity index (χ4n) is 5.53. The number of H-pyrrole nitrogens is 1. The Morgan fingerprint density at radius 1 is 1.10 bits per heavy atom. The number of ether oxygens (including phenoxy) is 1. The fourth-order valence-corrected chi connectivity index (χ4v) is 5.53. The first-order chi connectivity index (χ1) is 19.0. The SMILES string of the molecule is CC(C)(C)OC(=O)[C@H](CCC(=O)C=[N+]=N)NC(=O)[C@H](Cc1c[nH]c2ccccc12)NC(=O)C12CCN(CC1)CC2. The third-order valence-electron chi connectivity index (χ3n) is 7.82. The van der Waals surface area contributed by atoms with E-state index >= 15 is 0 Å². The van der Waals surface area contributed by atoms with Crippen LogP contribution in [0.5, 0.6) is 0 Å². The van der Waals surface area contributed by atoms with Crippen molar-refractivity contribution in [3.05, 3.63) is 36.0 Å². The average Bonchev–Trinajstić information content (AvgIpc) is 3.33. The van der Waals surface area contributed by atoms with Crippen LogP contribution in [0.1, 0.15) is 58.4 Å². The molecule has 5 rings (SSSR count). The Hall–Kier alpha value is -3.82. The lowest BCUT2D eigenvalue weighted by atomic mass is 9.71. The van der Waals surface area contributed by atoms with Crippen LogP contribution >= 0.6 is 0 Å². The summed E-state index contributed by atoms with van der Waals surface area (Å²) in [4.78, 5) is 61.1. The van der Waals surface area contributed by atoms with Gasteiger partial charge in [-0.2, -0.15) is 0 Å². The van der Waals surface area contributed by atoms with Crippen molar-refractivity contribution in [2.75, 3.05) is 19.6 Å². The zero-order valence-corrected chi connectivity index (χ0v) is 23.4. The number of hydrogen-bond donors (Lipinski definition) is 4. The highest BCUT2D eigenvalue weighted by molar-refractivity contribution is 6.25. The molecule has 1 aromatic carbocycles. The van der Waals surface area contributed by atoms with Crippen molar-refractivity contribution in [2.45, 2.75) is 77.0 Å². The zero-order valence-electron chi connectivity index (χ0n) is 23.4. The van der Waals surface area contributed by atoms with E-state index in [0.717, 1.165) is 61.6 Å². The monoisotopic (exact) mass is 551 g/mol. The van der Waals surface area contributed by atoms with Gasteiger partial charge >= 0.3 is 12.2 Å². The van der Waals surface area contributed by atoms with Crippen molar-refractivity contribution < 1.29 is 28.7 Å². The second-order valence-corrected chi connectivity index (χ2v) is 11.8. The average molecular weight is 552 g/mol. The molecule has 2 bridgehead atoms. The highest BCUT2D eigenvalue weighted by atomic mass is 16.6. The second-order valence-electron chi connectivity index (χ2n) is 11.8. The number of rotatable bonds is 11. The zero-order chi connectivity index (χ0) is 28.9. The molecule has 0 spiro atoms. The van der Waals surface area contributed by atoms with E-state index in [4.69, 9.17) is 10.3 Å². The molecular formula is C29H39N6O5+. The maximum Gasteiger partial charge on any atom is 0.372 e. The smallest absolute Gasteiger partial charge is 0.372 e. The molecule has 3 fully saturated rings. The van der Waals surface area contributed by atoms with Gasteiger partial charge in [0.1, 0.15) is 17.7 Å². The van der Waals surface area contributed by atoms with Crippen LogP contribution < -0.4 is 10.6 Å². The van der Waals surface area contributed by atoms with Crippen LogP contribution in [0, 0.1) is 10.9 Å². The predicted molar refractivity (Wildman–Crippen MR) is 148 cm³/mol. The van der Waals surface area contributed by atoms with Crippen LogP contribution in [0.2, 0.25) is 0 Å². The van der Waals surface area contributed by atoms with Crippen molar-refractivity contribution in [2.24, 2.45) is 5.41 Å². The summed E-state index contributed by atoms with van der Waals surface area (Å²) in [6.45, 7) is 7.75. The van der Waals surface area contributed by atoms with Crippen molar-refractivity contribution >= 4 is 40.7 Å². The molecule has 3 saturated heterocycles. The summed E-state index contributed by atoms with van der Waals surface area (Å²) in [5, 5.41) is 6.74. The molecule has 0 aliphatic carbocycles. The number of aromatic amines is 1. The molecule has 214 valence electrons. The van der Waals surface area contributed by atoms with Crippen molar-refractivity contribution in [3.63, 3.8) is 0 Å². The Kier molecular flexibility index (Phi) is 8.85. The van der Waals surface area contributed by atoms with Gasteiger partial charge in [-0.15, -0.1) is 0 Å². The summed E-state index contributed by atoms with van der Waals surface area (Å²) in [5.41, 5.74) is 7.34.